The molecule has 11 heavy (non-hydrogen) atoms. The summed E-state index contributed by atoms with van der Waals surface area (Å²) in [4.78, 5) is 0. The number of nitrogens with zero attached hydrogens (tertiary/aromatic N) is 1. The molecule has 0 aromatic heterocycles. The molecule has 0 saturated heterocycles. The molecule has 1 aromatic carbocycles. The molecule has 0 N–H and O–H groups in total. The minimum Gasteiger partial charge on any atom is -0.285 e. The first kappa shape index (κ1) is 6.47. The molecular formula is C10H10N. The van der Waals surface area contributed by atoms with Crippen molar-refractivity contribution in [2.75, 3.05) is 6.54 Å². The lowest BCUT2D eigenvalue weighted by atomic mass is 10.2. The molecule has 1 aliphatic rings. The number of benzene rings is 1. The summed E-state index contributed by atoms with van der Waals surface area (Å²) >= 11 is 0. The third kappa shape index (κ3) is 1.27. The van der Waals surface area contributed by atoms with E-state index >= 15 is 0 Å². The van der Waals surface area contributed by atoms with Gasteiger partial charge in [0.05, 0.1) is 5.70 Å². The maximum absolute atomic E-state index is 4.37. The molecule has 55 valence electrons. The van der Waals surface area contributed by atoms with Gasteiger partial charge in [0.15, 0.2) is 0 Å². The normalized spacial score (nSPS) is 15.8. The number of rotatable bonds is 1. The fraction of sp³-hybridized carbons (Fsp3) is 0.200. The Hall–Kier alpha value is -1.24. The van der Waals surface area contributed by atoms with Crippen LogP contribution in [-0.4, -0.2) is 6.54 Å². The van der Waals surface area contributed by atoms with Gasteiger partial charge in [0.25, 0.3) is 0 Å². The summed E-state index contributed by atoms with van der Waals surface area (Å²) in [7, 11) is 0. The zero-order valence-corrected chi connectivity index (χ0v) is 6.33. The van der Waals surface area contributed by atoms with Gasteiger partial charge in [0.1, 0.15) is 0 Å². The van der Waals surface area contributed by atoms with E-state index in [0.29, 0.717) is 0 Å². The Labute approximate surface area is 66.7 Å². The second-order valence-electron chi connectivity index (χ2n) is 2.63. The van der Waals surface area contributed by atoms with Gasteiger partial charge in [-0.3, -0.25) is 5.32 Å². The van der Waals surface area contributed by atoms with Crippen LogP contribution in [0.3, 0.4) is 0 Å². The molecule has 0 bridgehead atoms. The summed E-state index contributed by atoms with van der Waals surface area (Å²) < 4.78 is 0. The van der Waals surface area contributed by atoms with E-state index in [4.69, 9.17) is 0 Å². The van der Waals surface area contributed by atoms with E-state index in [2.05, 4.69) is 23.5 Å². The van der Waals surface area contributed by atoms with Crippen molar-refractivity contribution in [1.82, 2.24) is 5.32 Å². The van der Waals surface area contributed by atoms with Gasteiger partial charge in [-0.2, -0.15) is 0 Å². The molecule has 0 unspecified atom stereocenters. The van der Waals surface area contributed by atoms with E-state index in [-0.39, 0.29) is 0 Å². The monoisotopic (exact) mass is 144 g/mol. The van der Waals surface area contributed by atoms with Crippen LogP contribution in [0.15, 0.2) is 36.4 Å². The van der Waals surface area contributed by atoms with Crippen LogP contribution in [0.4, 0.5) is 0 Å². The van der Waals surface area contributed by atoms with Crippen LogP contribution in [0, 0.1) is 0 Å². The highest BCUT2D eigenvalue weighted by Crippen LogP contribution is 2.16. The second kappa shape index (κ2) is 2.79. The SMILES string of the molecule is C1=C(c2ccccc2)[N]CC1. The highest BCUT2D eigenvalue weighted by atomic mass is 14.9. The van der Waals surface area contributed by atoms with Crippen molar-refractivity contribution in [3.8, 4) is 0 Å². The maximum atomic E-state index is 4.37. The Balaban J connectivity index is 2.29. The van der Waals surface area contributed by atoms with Gasteiger partial charge in [-0.05, 0) is 12.0 Å². The van der Waals surface area contributed by atoms with Crippen LogP contribution >= 0.6 is 0 Å². The smallest absolute Gasteiger partial charge is 0.0607 e. The van der Waals surface area contributed by atoms with E-state index in [0.717, 1.165) is 18.7 Å². The molecule has 0 amide bonds. The Morgan fingerprint density at radius 3 is 2.55 bits per heavy atom. The summed E-state index contributed by atoms with van der Waals surface area (Å²) in [5.74, 6) is 0. The standard InChI is InChI=1S/C10H10N/c1-2-5-9(6-3-1)10-7-4-8-11-10/h1-3,5-7H,4,8H2. The van der Waals surface area contributed by atoms with Gasteiger partial charge in [-0.15, -0.1) is 0 Å². The average Bonchev–Trinajstić information content (AvgIpc) is 2.58. The van der Waals surface area contributed by atoms with Crippen molar-refractivity contribution in [3.63, 3.8) is 0 Å². The Morgan fingerprint density at radius 2 is 1.91 bits per heavy atom. The first-order chi connectivity index (χ1) is 5.47. The zero-order chi connectivity index (χ0) is 7.52. The topological polar surface area (TPSA) is 14.1 Å². The van der Waals surface area contributed by atoms with Gasteiger partial charge >= 0.3 is 0 Å². The number of hydrogen-bond donors (Lipinski definition) is 0. The molecule has 1 heterocycles. The second-order valence-corrected chi connectivity index (χ2v) is 2.63. The summed E-state index contributed by atoms with van der Waals surface area (Å²) in [5, 5.41) is 4.37. The van der Waals surface area contributed by atoms with Gasteiger partial charge in [0, 0.05) is 6.54 Å². The molecule has 1 aliphatic heterocycles. The molecule has 0 spiro atoms. The van der Waals surface area contributed by atoms with Crippen molar-refractivity contribution < 1.29 is 0 Å². The van der Waals surface area contributed by atoms with E-state index in [1.807, 2.05) is 18.2 Å². The van der Waals surface area contributed by atoms with Crippen LogP contribution in [0.5, 0.6) is 0 Å². The predicted octanol–water partition coefficient (Wildman–Crippen LogP) is 2.04. The van der Waals surface area contributed by atoms with Gasteiger partial charge < -0.3 is 0 Å². The van der Waals surface area contributed by atoms with Crippen LogP contribution in [0.25, 0.3) is 5.70 Å². The summed E-state index contributed by atoms with van der Waals surface area (Å²) in [6.07, 6.45) is 3.29. The fourth-order valence-electron chi connectivity index (χ4n) is 1.27. The lowest BCUT2D eigenvalue weighted by Crippen LogP contribution is -1.96. The highest BCUT2D eigenvalue weighted by molar-refractivity contribution is 5.64. The van der Waals surface area contributed by atoms with E-state index in [1.165, 1.54) is 5.56 Å². The summed E-state index contributed by atoms with van der Waals surface area (Å²) in [5.41, 5.74) is 2.40. The largest absolute Gasteiger partial charge is 0.285 e. The van der Waals surface area contributed by atoms with E-state index in [1.54, 1.807) is 0 Å². The van der Waals surface area contributed by atoms with Crippen LogP contribution in [0.1, 0.15) is 12.0 Å². The molecule has 0 atom stereocenters. The zero-order valence-electron chi connectivity index (χ0n) is 6.33. The maximum Gasteiger partial charge on any atom is 0.0607 e. The molecule has 1 nitrogen and oxygen atoms in total. The van der Waals surface area contributed by atoms with Crippen molar-refractivity contribution in [2.45, 2.75) is 6.42 Å². The average molecular weight is 144 g/mol. The number of hydrogen-bond acceptors (Lipinski definition) is 0. The molecule has 1 radical (unpaired) electrons. The lowest BCUT2D eigenvalue weighted by molar-refractivity contribution is 0.913. The fourth-order valence-corrected chi connectivity index (χ4v) is 1.27. The quantitative estimate of drug-likeness (QED) is 0.572. The minimum atomic E-state index is 0.963. The molecule has 0 saturated carbocycles. The Bertz CT molecular complexity index is 261. The van der Waals surface area contributed by atoms with Crippen LogP contribution in [-0.2, 0) is 0 Å². The van der Waals surface area contributed by atoms with E-state index in [9.17, 15) is 0 Å². The molecule has 0 fully saturated rings. The van der Waals surface area contributed by atoms with Crippen molar-refractivity contribution in [2.24, 2.45) is 0 Å². The summed E-state index contributed by atoms with van der Waals surface area (Å²) in [6, 6.07) is 10.3. The van der Waals surface area contributed by atoms with Gasteiger partial charge in [-0.1, -0.05) is 36.4 Å². The molecule has 1 aromatic rings. The van der Waals surface area contributed by atoms with Crippen molar-refractivity contribution >= 4 is 5.70 Å². The first-order valence-corrected chi connectivity index (χ1v) is 3.90. The first-order valence-electron chi connectivity index (χ1n) is 3.90. The Kier molecular flexibility index (Phi) is 1.64. The van der Waals surface area contributed by atoms with Gasteiger partial charge in [-0.25, -0.2) is 0 Å². The van der Waals surface area contributed by atoms with Crippen LogP contribution < -0.4 is 5.32 Å². The van der Waals surface area contributed by atoms with Crippen LogP contribution in [0.2, 0.25) is 0 Å². The van der Waals surface area contributed by atoms with E-state index < -0.39 is 0 Å². The highest BCUT2D eigenvalue weighted by Gasteiger charge is 2.05. The minimum absolute atomic E-state index is 0.963. The predicted molar refractivity (Wildman–Crippen MR) is 46.0 cm³/mol. The van der Waals surface area contributed by atoms with Crippen molar-refractivity contribution in [1.29, 1.82) is 0 Å². The molecular weight excluding hydrogens is 134 g/mol. The van der Waals surface area contributed by atoms with Gasteiger partial charge in [0.2, 0.25) is 0 Å². The molecule has 1 heteroatoms. The molecule has 0 aliphatic carbocycles. The molecule has 2 rings (SSSR count). The third-order valence-electron chi connectivity index (χ3n) is 1.82. The summed E-state index contributed by atoms with van der Waals surface area (Å²) in [6.45, 7) is 0.963. The third-order valence-corrected chi connectivity index (χ3v) is 1.82. The Morgan fingerprint density at radius 1 is 1.09 bits per heavy atom. The lowest BCUT2D eigenvalue weighted by Gasteiger charge is -1.99. The van der Waals surface area contributed by atoms with Crippen molar-refractivity contribution in [3.05, 3.63) is 42.0 Å².